The number of ether oxygens (including phenoxy) is 1. The van der Waals surface area contributed by atoms with Crippen LogP contribution in [-0.4, -0.2) is 6.61 Å². The van der Waals surface area contributed by atoms with Crippen LogP contribution in [0.2, 0.25) is 5.02 Å². The molecule has 3 heteroatoms. The topological polar surface area (TPSA) is 9.23 Å². The van der Waals surface area contributed by atoms with Gasteiger partial charge in [0.1, 0.15) is 0 Å². The molecule has 66 valence electrons. The third kappa shape index (κ3) is 2.77. The highest BCUT2D eigenvalue weighted by Gasteiger charge is 1.99. The minimum Gasteiger partial charge on any atom is -0.377 e. The lowest BCUT2D eigenvalue weighted by Gasteiger charge is -2.04. The van der Waals surface area contributed by atoms with Gasteiger partial charge in [0.2, 0.25) is 0 Å². The Hall–Kier alpha value is -0.0500. The molecule has 0 aliphatic rings. The molecule has 0 aliphatic heterocycles. The molecule has 0 spiro atoms. The molecule has 1 rings (SSSR count). The van der Waals surface area contributed by atoms with Gasteiger partial charge in [0, 0.05) is 16.1 Å². The molecule has 0 aromatic heterocycles. The van der Waals surface area contributed by atoms with E-state index >= 15 is 0 Å². The standard InChI is InChI=1S/C9H10BrClO/c1-2-12-6-7-3-4-8(11)5-9(7)10/h3-5H,2,6H2,1H3. The molecular weight excluding hydrogens is 239 g/mol. The number of hydrogen-bond acceptors (Lipinski definition) is 1. The predicted molar refractivity (Wildman–Crippen MR) is 54.5 cm³/mol. The molecular formula is C9H10BrClO. The van der Waals surface area contributed by atoms with Crippen molar-refractivity contribution < 1.29 is 4.74 Å². The van der Waals surface area contributed by atoms with Crippen LogP contribution >= 0.6 is 27.5 Å². The van der Waals surface area contributed by atoms with E-state index in [1.54, 1.807) is 0 Å². The fraction of sp³-hybridized carbons (Fsp3) is 0.333. The summed E-state index contributed by atoms with van der Waals surface area (Å²) in [6.07, 6.45) is 0. The molecule has 0 radical (unpaired) electrons. The summed E-state index contributed by atoms with van der Waals surface area (Å²) in [5.74, 6) is 0. The SMILES string of the molecule is CCOCc1ccc(Cl)cc1Br. The molecule has 0 N–H and O–H groups in total. The molecule has 0 fully saturated rings. The second kappa shape index (κ2) is 4.85. The van der Waals surface area contributed by atoms with E-state index in [2.05, 4.69) is 15.9 Å². The fourth-order valence-corrected chi connectivity index (χ4v) is 1.65. The number of benzene rings is 1. The van der Waals surface area contributed by atoms with Crippen LogP contribution in [0, 0.1) is 0 Å². The van der Waals surface area contributed by atoms with E-state index in [1.165, 1.54) is 0 Å². The van der Waals surface area contributed by atoms with E-state index in [1.807, 2.05) is 25.1 Å². The van der Waals surface area contributed by atoms with Crippen molar-refractivity contribution in [2.24, 2.45) is 0 Å². The second-order valence-corrected chi connectivity index (χ2v) is 3.66. The lowest BCUT2D eigenvalue weighted by Crippen LogP contribution is -1.92. The molecule has 1 nitrogen and oxygen atoms in total. The van der Waals surface area contributed by atoms with E-state index in [9.17, 15) is 0 Å². The van der Waals surface area contributed by atoms with Gasteiger partial charge in [-0.15, -0.1) is 0 Å². The summed E-state index contributed by atoms with van der Waals surface area (Å²) >= 11 is 9.19. The maximum Gasteiger partial charge on any atom is 0.0727 e. The lowest BCUT2D eigenvalue weighted by atomic mass is 10.2. The van der Waals surface area contributed by atoms with E-state index in [4.69, 9.17) is 16.3 Å². The third-order valence-corrected chi connectivity index (χ3v) is 2.45. The normalized spacial score (nSPS) is 10.2. The predicted octanol–water partition coefficient (Wildman–Crippen LogP) is 3.64. The Morgan fingerprint density at radius 3 is 2.83 bits per heavy atom. The molecule has 0 unspecified atom stereocenters. The molecule has 0 amide bonds. The van der Waals surface area contributed by atoms with Gasteiger partial charge in [0.05, 0.1) is 6.61 Å². The van der Waals surface area contributed by atoms with E-state index in [0.717, 1.165) is 21.7 Å². The summed E-state index contributed by atoms with van der Waals surface area (Å²) < 4.78 is 6.27. The maximum atomic E-state index is 5.78. The van der Waals surface area contributed by atoms with Crippen LogP contribution in [0.1, 0.15) is 12.5 Å². The Balaban J connectivity index is 2.72. The van der Waals surface area contributed by atoms with E-state index in [0.29, 0.717) is 6.61 Å². The average molecular weight is 250 g/mol. The highest BCUT2D eigenvalue weighted by Crippen LogP contribution is 2.21. The summed E-state index contributed by atoms with van der Waals surface area (Å²) in [6, 6.07) is 5.69. The first kappa shape index (κ1) is 10.0. The van der Waals surface area contributed by atoms with Crippen LogP contribution < -0.4 is 0 Å². The molecule has 12 heavy (non-hydrogen) atoms. The zero-order valence-corrected chi connectivity index (χ0v) is 9.15. The molecule has 0 saturated heterocycles. The van der Waals surface area contributed by atoms with Crippen LogP contribution in [0.3, 0.4) is 0 Å². The average Bonchev–Trinajstić information content (AvgIpc) is 2.03. The minimum atomic E-state index is 0.633. The van der Waals surface area contributed by atoms with Crippen LogP contribution in [0.5, 0.6) is 0 Å². The van der Waals surface area contributed by atoms with Crippen molar-refractivity contribution in [3.8, 4) is 0 Å². The van der Waals surface area contributed by atoms with Gasteiger partial charge >= 0.3 is 0 Å². The van der Waals surface area contributed by atoms with Gasteiger partial charge in [0.15, 0.2) is 0 Å². The van der Waals surface area contributed by atoms with Gasteiger partial charge in [-0.3, -0.25) is 0 Å². The molecule has 0 atom stereocenters. The van der Waals surface area contributed by atoms with Crippen molar-refractivity contribution in [2.45, 2.75) is 13.5 Å². The Kier molecular flexibility index (Phi) is 4.06. The molecule has 0 aliphatic carbocycles. The zero-order valence-electron chi connectivity index (χ0n) is 6.81. The minimum absolute atomic E-state index is 0.633. The van der Waals surface area contributed by atoms with Crippen molar-refractivity contribution in [1.29, 1.82) is 0 Å². The molecule has 0 heterocycles. The summed E-state index contributed by atoms with van der Waals surface area (Å²) in [5, 5.41) is 0.738. The lowest BCUT2D eigenvalue weighted by molar-refractivity contribution is 0.133. The highest BCUT2D eigenvalue weighted by molar-refractivity contribution is 9.10. The van der Waals surface area contributed by atoms with Crippen molar-refractivity contribution in [1.82, 2.24) is 0 Å². The summed E-state index contributed by atoms with van der Waals surface area (Å²) in [6.45, 7) is 3.34. The summed E-state index contributed by atoms with van der Waals surface area (Å²) in [7, 11) is 0. The first-order chi connectivity index (χ1) is 5.74. The Morgan fingerprint density at radius 1 is 1.50 bits per heavy atom. The monoisotopic (exact) mass is 248 g/mol. The summed E-state index contributed by atoms with van der Waals surface area (Å²) in [4.78, 5) is 0. The number of hydrogen-bond donors (Lipinski definition) is 0. The number of halogens is 2. The second-order valence-electron chi connectivity index (χ2n) is 2.37. The first-order valence-corrected chi connectivity index (χ1v) is 4.92. The Bertz CT molecular complexity index is 263. The molecule has 0 bridgehead atoms. The smallest absolute Gasteiger partial charge is 0.0727 e. The molecule has 1 aromatic rings. The Morgan fingerprint density at radius 2 is 2.25 bits per heavy atom. The first-order valence-electron chi connectivity index (χ1n) is 3.75. The Labute approximate surface area is 85.8 Å². The summed E-state index contributed by atoms with van der Waals surface area (Å²) in [5.41, 5.74) is 1.13. The van der Waals surface area contributed by atoms with Gasteiger partial charge in [-0.05, 0) is 24.6 Å². The van der Waals surface area contributed by atoms with Crippen molar-refractivity contribution >= 4 is 27.5 Å². The van der Waals surface area contributed by atoms with Crippen LogP contribution in [0.4, 0.5) is 0 Å². The van der Waals surface area contributed by atoms with Crippen molar-refractivity contribution in [3.05, 3.63) is 33.3 Å². The highest BCUT2D eigenvalue weighted by atomic mass is 79.9. The van der Waals surface area contributed by atoms with Crippen LogP contribution in [0.25, 0.3) is 0 Å². The van der Waals surface area contributed by atoms with Crippen LogP contribution in [-0.2, 0) is 11.3 Å². The van der Waals surface area contributed by atoms with Gasteiger partial charge < -0.3 is 4.74 Å². The van der Waals surface area contributed by atoms with Gasteiger partial charge in [-0.25, -0.2) is 0 Å². The third-order valence-electron chi connectivity index (χ3n) is 1.48. The number of rotatable bonds is 3. The molecule has 0 saturated carbocycles. The largest absolute Gasteiger partial charge is 0.377 e. The quantitative estimate of drug-likeness (QED) is 0.795. The van der Waals surface area contributed by atoms with Crippen LogP contribution in [0.15, 0.2) is 22.7 Å². The van der Waals surface area contributed by atoms with E-state index < -0.39 is 0 Å². The zero-order chi connectivity index (χ0) is 8.97. The maximum absolute atomic E-state index is 5.78. The van der Waals surface area contributed by atoms with Gasteiger partial charge in [-0.1, -0.05) is 33.6 Å². The fourth-order valence-electron chi connectivity index (χ4n) is 0.851. The van der Waals surface area contributed by atoms with Gasteiger partial charge in [-0.2, -0.15) is 0 Å². The van der Waals surface area contributed by atoms with Crippen molar-refractivity contribution in [3.63, 3.8) is 0 Å². The van der Waals surface area contributed by atoms with Gasteiger partial charge in [0.25, 0.3) is 0 Å². The molecule has 1 aromatic carbocycles. The van der Waals surface area contributed by atoms with E-state index in [-0.39, 0.29) is 0 Å². The van der Waals surface area contributed by atoms with Crippen molar-refractivity contribution in [2.75, 3.05) is 6.61 Å².